The van der Waals surface area contributed by atoms with Gasteiger partial charge in [0, 0.05) is 24.3 Å². The molecule has 1 aromatic rings. The molecule has 1 heterocycles. The molecular formula is C12H22N4. The minimum atomic E-state index is 0.176. The number of aromatic nitrogens is 2. The van der Waals surface area contributed by atoms with E-state index in [0.29, 0.717) is 5.92 Å². The van der Waals surface area contributed by atoms with Crippen LogP contribution in [0.5, 0.6) is 0 Å². The predicted molar refractivity (Wildman–Crippen MR) is 67.4 cm³/mol. The maximum atomic E-state index is 5.99. The van der Waals surface area contributed by atoms with E-state index in [9.17, 15) is 0 Å². The Balaban J connectivity index is 2.48. The van der Waals surface area contributed by atoms with E-state index in [0.717, 1.165) is 30.3 Å². The van der Waals surface area contributed by atoms with E-state index in [1.54, 1.807) is 0 Å². The van der Waals surface area contributed by atoms with Crippen LogP contribution in [-0.4, -0.2) is 22.6 Å². The molecule has 0 aromatic carbocycles. The van der Waals surface area contributed by atoms with E-state index in [4.69, 9.17) is 5.73 Å². The summed E-state index contributed by atoms with van der Waals surface area (Å²) in [6.07, 6.45) is 1.02. The minimum absolute atomic E-state index is 0.176. The summed E-state index contributed by atoms with van der Waals surface area (Å²) >= 11 is 0. The van der Waals surface area contributed by atoms with Crippen molar-refractivity contribution < 1.29 is 0 Å². The van der Waals surface area contributed by atoms with Crippen LogP contribution in [0.3, 0.4) is 0 Å². The van der Waals surface area contributed by atoms with Gasteiger partial charge in [0.1, 0.15) is 11.6 Å². The number of anilines is 1. The first-order valence-electron chi connectivity index (χ1n) is 5.79. The molecule has 1 rings (SSSR count). The van der Waals surface area contributed by atoms with E-state index < -0.39 is 0 Å². The Kier molecular flexibility index (Phi) is 4.68. The predicted octanol–water partition coefficient (Wildman–Crippen LogP) is 1.88. The highest BCUT2D eigenvalue weighted by Gasteiger charge is 2.06. The highest BCUT2D eigenvalue weighted by Crippen LogP contribution is 2.07. The maximum absolute atomic E-state index is 5.99. The van der Waals surface area contributed by atoms with Crippen molar-refractivity contribution in [1.29, 1.82) is 0 Å². The summed E-state index contributed by atoms with van der Waals surface area (Å²) in [5.74, 6) is 2.29. The second-order valence-corrected chi connectivity index (χ2v) is 4.71. The monoisotopic (exact) mass is 222 g/mol. The third kappa shape index (κ3) is 4.57. The molecule has 16 heavy (non-hydrogen) atoms. The Morgan fingerprint density at radius 1 is 1.31 bits per heavy atom. The van der Waals surface area contributed by atoms with Gasteiger partial charge in [-0.1, -0.05) is 13.8 Å². The highest BCUT2D eigenvalue weighted by atomic mass is 15.0. The maximum Gasteiger partial charge on any atom is 0.129 e. The van der Waals surface area contributed by atoms with Crippen LogP contribution in [0.15, 0.2) is 6.07 Å². The standard InChI is InChI=1S/C12H22N4/c1-8(2)5-11(13)7-14-12-6-9(3)15-10(4)16-12/h6,8,11H,5,7,13H2,1-4H3,(H,14,15,16). The molecule has 0 radical (unpaired) electrons. The third-order valence-electron chi connectivity index (χ3n) is 2.29. The molecule has 1 aromatic heterocycles. The van der Waals surface area contributed by atoms with Crippen LogP contribution >= 0.6 is 0 Å². The van der Waals surface area contributed by atoms with Gasteiger partial charge in [-0.25, -0.2) is 9.97 Å². The van der Waals surface area contributed by atoms with Gasteiger partial charge in [-0.05, 0) is 26.2 Å². The van der Waals surface area contributed by atoms with Crippen molar-refractivity contribution in [3.63, 3.8) is 0 Å². The van der Waals surface area contributed by atoms with E-state index >= 15 is 0 Å². The van der Waals surface area contributed by atoms with Gasteiger partial charge in [-0.3, -0.25) is 0 Å². The van der Waals surface area contributed by atoms with Crippen molar-refractivity contribution in [2.24, 2.45) is 11.7 Å². The van der Waals surface area contributed by atoms with Gasteiger partial charge in [0.2, 0.25) is 0 Å². The first kappa shape index (κ1) is 12.9. The Morgan fingerprint density at radius 2 is 2.00 bits per heavy atom. The molecule has 4 heteroatoms. The lowest BCUT2D eigenvalue weighted by atomic mass is 10.0. The summed E-state index contributed by atoms with van der Waals surface area (Å²) in [5, 5.41) is 3.26. The Bertz CT molecular complexity index is 316. The molecule has 0 aliphatic rings. The minimum Gasteiger partial charge on any atom is -0.368 e. The van der Waals surface area contributed by atoms with E-state index in [2.05, 4.69) is 29.1 Å². The summed E-state index contributed by atoms with van der Waals surface area (Å²) < 4.78 is 0. The third-order valence-corrected chi connectivity index (χ3v) is 2.29. The van der Waals surface area contributed by atoms with Crippen molar-refractivity contribution in [2.45, 2.75) is 40.2 Å². The van der Waals surface area contributed by atoms with Crippen LogP contribution in [0.25, 0.3) is 0 Å². The lowest BCUT2D eigenvalue weighted by molar-refractivity contribution is 0.508. The lowest BCUT2D eigenvalue weighted by Gasteiger charge is -2.15. The van der Waals surface area contributed by atoms with Crippen LogP contribution < -0.4 is 11.1 Å². The Hall–Kier alpha value is -1.16. The average Bonchev–Trinajstić information content (AvgIpc) is 2.12. The zero-order chi connectivity index (χ0) is 12.1. The van der Waals surface area contributed by atoms with Crippen molar-refractivity contribution in [1.82, 2.24) is 9.97 Å². The molecular weight excluding hydrogens is 200 g/mol. The molecule has 0 fully saturated rings. The highest BCUT2D eigenvalue weighted by molar-refractivity contribution is 5.35. The summed E-state index contributed by atoms with van der Waals surface area (Å²) in [4.78, 5) is 8.53. The second kappa shape index (κ2) is 5.80. The van der Waals surface area contributed by atoms with E-state index in [1.807, 2.05) is 19.9 Å². The molecule has 0 aliphatic carbocycles. The van der Waals surface area contributed by atoms with Gasteiger partial charge in [0.25, 0.3) is 0 Å². The number of nitrogens with one attached hydrogen (secondary N) is 1. The summed E-state index contributed by atoms with van der Waals surface area (Å²) in [5.41, 5.74) is 6.97. The number of hydrogen-bond acceptors (Lipinski definition) is 4. The molecule has 90 valence electrons. The van der Waals surface area contributed by atoms with Crippen LogP contribution in [0.4, 0.5) is 5.82 Å². The molecule has 4 nitrogen and oxygen atoms in total. The first-order valence-corrected chi connectivity index (χ1v) is 5.79. The number of nitrogens with two attached hydrogens (primary N) is 1. The number of rotatable bonds is 5. The Labute approximate surface area is 97.7 Å². The lowest BCUT2D eigenvalue weighted by Crippen LogP contribution is -2.30. The fourth-order valence-electron chi connectivity index (χ4n) is 1.73. The van der Waals surface area contributed by atoms with E-state index in [1.165, 1.54) is 0 Å². The molecule has 0 bridgehead atoms. The first-order chi connectivity index (χ1) is 7.47. The number of hydrogen-bond donors (Lipinski definition) is 2. The molecule has 3 N–H and O–H groups in total. The second-order valence-electron chi connectivity index (χ2n) is 4.71. The Morgan fingerprint density at radius 3 is 2.56 bits per heavy atom. The summed E-state index contributed by atoms with van der Waals surface area (Å²) in [6.45, 7) is 8.98. The van der Waals surface area contributed by atoms with Gasteiger partial charge in [0.05, 0.1) is 0 Å². The molecule has 1 unspecified atom stereocenters. The van der Waals surface area contributed by atoms with Crippen molar-refractivity contribution in [3.05, 3.63) is 17.6 Å². The van der Waals surface area contributed by atoms with Crippen molar-refractivity contribution in [3.8, 4) is 0 Å². The SMILES string of the molecule is Cc1cc(NCC(N)CC(C)C)nc(C)n1. The quantitative estimate of drug-likeness (QED) is 0.798. The molecule has 0 saturated carbocycles. The largest absolute Gasteiger partial charge is 0.368 e. The van der Waals surface area contributed by atoms with Crippen LogP contribution in [0, 0.1) is 19.8 Å². The smallest absolute Gasteiger partial charge is 0.129 e. The van der Waals surface area contributed by atoms with Gasteiger partial charge in [-0.15, -0.1) is 0 Å². The fourth-order valence-corrected chi connectivity index (χ4v) is 1.73. The van der Waals surface area contributed by atoms with Gasteiger partial charge >= 0.3 is 0 Å². The topological polar surface area (TPSA) is 63.8 Å². The number of nitrogens with zero attached hydrogens (tertiary/aromatic N) is 2. The summed E-state index contributed by atoms with van der Waals surface area (Å²) in [7, 11) is 0. The average molecular weight is 222 g/mol. The zero-order valence-corrected chi connectivity index (χ0v) is 10.6. The molecule has 0 spiro atoms. The molecule has 0 amide bonds. The van der Waals surface area contributed by atoms with Gasteiger partial charge in [0.15, 0.2) is 0 Å². The van der Waals surface area contributed by atoms with Crippen LogP contribution in [-0.2, 0) is 0 Å². The van der Waals surface area contributed by atoms with Crippen molar-refractivity contribution >= 4 is 5.82 Å². The zero-order valence-electron chi connectivity index (χ0n) is 10.6. The van der Waals surface area contributed by atoms with Gasteiger partial charge in [-0.2, -0.15) is 0 Å². The fraction of sp³-hybridized carbons (Fsp3) is 0.667. The van der Waals surface area contributed by atoms with Gasteiger partial charge < -0.3 is 11.1 Å². The molecule has 0 aliphatic heterocycles. The van der Waals surface area contributed by atoms with E-state index in [-0.39, 0.29) is 6.04 Å². The molecule has 1 atom stereocenters. The normalized spacial score (nSPS) is 12.9. The summed E-state index contributed by atoms with van der Waals surface area (Å²) in [6, 6.07) is 2.12. The van der Waals surface area contributed by atoms with Crippen LogP contribution in [0.2, 0.25) is 0 Å². The van der Waals surface area contributed by atoms with Crippen molar-refractivity contribution in [2.75, 3.05) is 11.9 Å². The number of aryl methyl sites for hydroxylation is 2. The van der Waals surface area contributed by atoms with Crippen LogP contribution in [0.1, 0.15) is 31.8 Å². The molecule has 0 saturated heterocycles.